The van der Waals surface area contributed by atoms with Crippen LogP contribution in [0.15, 0.2) is 22.3 Å². The molecule has 128 valence electrons. The Bertz CT molecular complexity index is 735. The van der Waals surface area contributed by atoms with Crippen LogP contribution in [0.5, 0.6) is 11.5 Å². The van der Waals surface area contributed by atoms with Crippen LogP contribution in [0.3, 0.4) is 0 Å². The first-order valence-corrected chi connectivity index (χ1v) is 8.14. The van der Waals surface area contributed by atoms with Crippen molar-refractivity contribution in [3.63, 3.8) is 0 Å². The molecule has 2 rings (SSSR count). The molecule has 1 saturated heterocycles. The molecule has 1 aromatic carbocycles. The molecule has 1 aliphatic rings. The Morgan fingerprint density at radius 3 is 2.71 bits per heavy atom. The van der Waals surface area contributed by atoms with Gasteiger partial charge in [-0.3, -0.25) is 9.69 Å². The van der Waals surface area contributed by atoms with Gasteiger partial charge in [0.15, 0.2) is 23.2 Å². The Hall–Kier alpha value is -2.13. The number of halogens is 1. The summed E-state index contributed by atoms with van der Waals surface area (Å²) >= 11 is 8.49. The van der Waals surface area contributed by atoms with Crippen LogP contribution in [-0.2, 0) is 9.59 Å². The third kappa shape index (κ3) is 3.85. The van der Waals surface area contributed by atoms with Gasteiger partial charge in [0.25, 0.3) is 5.91 Å². The second kappa shape index (κ2) is 7.63. The van der Waals surface area contributed by atoms with Crippen LogP contribution in [0.2, 0.25) is 0 Å². The third-order valence-corrected chi connectivity index (χ3v) is 4.22. The average molecular weight is 415 g/mol. The molecule has 0 atom stereocenters. The Kier molecular flexibility index (Phi) is 5.79. The van der Waals surface area contributed by atoms with E-state index in [1.54, 1.807) is 18.2 Å². The summed E-state index contributed by atoms with van der Waals surface area (Å²) in [6.07, 6.45) is 1.64. The van der Waals surface area contributed by atoms with Crippen LogP contribution in [0.1, 0.15) is 12.5 Å². The van der Waals surface area contributed by atoms with E-state index in [2.05, 4.69) is 21.2 Å². The first-order chi connectivity index (χ1) is 11.4. The van der Waals surface area contributed by atoms with E-state index in [4.69, 9.17) is 26.8 Å². The van der Waals surface area contributed by atoms with E-state index in [0.29, 0.717) is 33.1 Å². The van der Waals surface area contributed by atoms with E-state index >= 15 is 0 Å². The summed E-state index contributed by atoms with van der Waals surface area (Å²) in [5.74, 6) is -0.662. The van der Waals surface area contributed by atoms with E-state index in [9.17, 15) is 9.59 Å². The van der Waals surface area contributed by atoms with Crippen molar-refractivity contribution in [3.05, 3.63) is 27.9 Å². The van der Waals surface area contributed by atoms with E-state index in [0.717, 1.165) is 0 Å². The minimum atomic E-state index is -1.09. The molecule has 0 unspecified atom stereocenters. The topological polar surface area (TPSA) is 88.1 Å². The molecule has 24 heavy (non-hydrogen) atoms. The molecule has 1 aromatic rings. The van der Waals surface area contributed by atoms with E-state index in [1.165, 1.54) is 12.0 Å². The molecule has 0 spiro atoms. The van der Waals surface area contributed by atoms with Crippen molar-refractivity contribution in [2.24, 2.45) is 0 Å². The molecule has 1 aliphatic heterocycles. The molecule has 0 radical (unpaired) electrons. The minimum Gasteiger partial charge on any atom is -0.493 e. The fourth-order valence-corrected chi connectivity index (χ4v) is 2.85. The van der Waals surface area contributed by atoms with Crippen molar-refractivity contribution in [1.82, 2.24) is 10.2 Å². The maximum absolute atomic E-state index is 12.2. The highest BCUT2D eigenvalue weighted by Gasteiger charge is 2.29. The molecular weight excluding hydrogens is 400 g/mol. The molecule has 1 fully saturated rings. The predicted octanol–water partition coefficient (Wildman–Crippen LogP) is 2.00. The number of amides is 1. The van der Waals surface area contributed by atoms with Crippen LogP contribution < -0.4 is 14.8 Å². The number of carbonyl (C=O) groups is 2. The smallest absolute Gasteiger partial charge is 0.341 e. The van der Waals surface area contributed by atoms with Gasteiger partial charge in [-0.15, -0.1) is 0 Å². The first kappa shape index (κ1) is 18.2. The van der Waals surface area contributed by atoms with E-state index in [1.807, 2.05) is 6.92 Å². The summed E-state index contributed by atoms with van der Waals surface area (Å²) in [5.41, 5.74) is 1.01. The lowest BCUT2D eigenvalue weighted by Crippen LogP contribution is -2.30. The number of carboxylic acids is 1. The number of carbonyl (C=O) groups excluding carboxylic acids is 1. The van der Waals surface area contributed by atoms with Crippen molar-refractivity contribution < 1.29 is 24.2 Å². The number of benzene rings is 1. The predicted molar refractivity (Wildman–Crippen MR) is 94.9 cm³/mol. The number of hydrogen-bond donors (Lipinski definition) is 2. The number of ether oxygens (including phenoxy) is 2. The zero-order valence-electron chi connectivity index (χ0n) is 13.0. The highest BCUT2D eigenvalue weighted by molar-refractivity contribution is 9.10. The van der Waals surface area contributed by atoms with Crippen LogP contribution in [0, 0.1) is 0 Å². The number of carboxylic acid groups (broad SMARTS) is 1. The minimum absolute atomic E-state index is 0.209. The number of rotatable bonds is 6. The van der Waals surface area contributed by atoms with E-state index < -0.39 is 12.6 Å². The number of hydrogen-bond acceptors (Lipinski definition) is 5. The Morgan fingerprint density at radius 2 is 2.17 bits per heavy atom. The molecule has 0 saturated carbocycles. The van der Waals surface area contributed by atoms with Crippen molar-refractivity contribution in [2.45, 2.75) is 6.92 Å². The molecular formula is C15H15BrN2O5S. The highest BCUT2D eigenvalue weighted by atomic mass is 79.9. The highest BCUT2D eigenvalue weighted by Crippen LogP contribution is 2.34. The monoisotopic (exact) mass is 414 g/mol. The van der Waals surface area contributed by atoms with Crippen LogP contribution in [0.4, 0.5) is 0 Å². The summed E-state index contributed by atoms with van der Waals surface area (Å²) < 4.78 is 11.0. The van der Waals surface area contributed by atoms with Gasteiger partial charge in [0.05, 0.1) is 7.11 Å². The van der Waals surface area contributed by atoms with Crippen molar-refractivity contribution in [3.8, 4) is 11.5 Å². The number of nitrogens with zero attached hydrogens (tertiary/aromatic N) is 1. The van der Waals surface area contributed by atoms with Gasteiger partial charge in [-0.1, -0.05) is 15.9 Å². The number of likely N-dealkylation sites (N-methyl/N-ethyl adjacent to an activating group) is 1. The zero-order valence-corrected chi connectivity index (χ0v) is 15.4. The Balaban J connectivity index is 2.35. The number of aliphatic carboxylic acids is 1. The second-order valence-corrected chi connectivity index (χ2v) is 5.99. The lowest BCUT2D eigenvalue weighted by Gasteiger charge is -2.12. The number of methoxy groups -OCH3 is 1. The molecule has 7 nitrogen and oxygen atoms in total. The largest absolute Gasteiger partial charge is 0.493 e. The summed E-state index contributed by atoms with van der Waals surface area (Å²) in [7, 11) is 1.45. The fraction of sp³-hybridized carbons (Fsp3) is 0.267. The molecule has 0 aromatic heterocycles. The van der Waals surface area contributed by atoms with Crippen molar-refractivity contribution in [2.75, 3.05) is 20.3 Å². The summed E-state index contributed by atoms with van der Waals surface area (Å²) in [6.45, 7) is 1.83. The Morgan fingerprint density at radius 1 is 1.46 bits per heavy atom. The van der Waals surface area contributed by atoms with Crippen molar-refractivity contribution in [1.29, 1.82) is 0 Å². The summed E-state index contributed by atoms with van der Waals surface area (Å²) in [6, 6.07) is 3.23. The van der Waals surface area contributed by atoms with Gasteiger partial charge in [-0.25, -0.2) is 4.79 Å². The number of thiocarbonyl (C=S) groups is 1. The van der Waals surface area contributed by atoms with Crippen LogP contribution >= 0.6 is 28.1 Å². The van der Waals surface area contributed by atoms with Crippen LogP contribution in [0.25, 0.3) is 6.08 Å². The first-order valence-electron chi connectivity index (χ1n) is 6.94. The zero-order chi connectivity index (χ0) is 17.9. The van der Waals surface area contributed by atoms with Gasteiger partial charge in [-0.2, -0.15) is 0 Å². The maximum Gasteiger partial charge on any atom is 0.341 e. The SMILES string of the molecule is CCN1C(=O)/C(=C/c2cc(OC)c(OCC(=O)O)cc2Br)NC1=S. The molecule has 0 aliphatic carbocycles. The lowest BCUT2D eigenvalue weighted by atomic mass is 10.1. The second-order valence-electron chi connectivity index (χ2n) is 4.74. The maximum atomic E-state index is 12.2. The quantitative estimate of drug-likeness (QED) is 0.543. The fourth-order valence-electron chi connectivity index (χ4n) is 2.09. The summed E-state index contributed by atoms with van der Waals surface area (Å²) in [4.78, 5) is 24.3. The van der Waals surface area contributed by atoms with Gasteiger partial charge in [-0.05, 0) is 42.9 Å². The standard InChI is InChI=1S/C15H15BrN2O5S/c1-3-18-14(21)10(17-15(18)24)4-8-5-11(22-2)12(6-9(8)16)23-7-13(19)20/h4-6H,3,7H2,1-2H3,(H,17,24)(H,19,20)/b10-4-. The third-order valence-electron chi connectivity index (χ3n) is 3.21. The van der Waals surface area contributed by atoms with Gasteiger partial charge >= 0.3 is 5.97 Å². The van der Waals surface area contributed by atoms with Gasteiger partial charge < -0.3 is 19.9 Å². The van der Waals surface area contributed by atoms with Crippen molar-refractivity contribution >= 4 is 51.2 Å². The van der Waals surface area contributed by atoms with E-state index in [-0.39, 0.29) is 11.7 Å². The molecule has 1 heterocycles. The average Bonchev–Trinajstić information content (AvgIpc) is 2.80. The van der Waals surface area contributed by atoms with Crippen LogP contribution in [-0.4, -0.2) is 47.3 Å². The van der Waals surface area contributed by atoms with Gasteiger partial charge in [0.1, 0.15) is 5.70 Å². The molecule has 2 N–H and O–H groups in total. The lowest BCUT2D eigenvalue weighted by molar-refractivity contribution is -0.139. The molecule has 9 heteroatoms. The Labute approximate surface area is 152 Å². The normalized spacial score (nSPS) is 15.6. The van der Waals surface area contributed by atoms with Gasteiger partial charge in [0, 0.05) is 11.0 Å². The number of nitrogens with one attached hydrogen (secondary N) is 1. The van der Waals surface area contributed by atoms with Gasteiger partial charge in [0.2, 0.25) is 0 Å². The molecule has 1 amide bonds. The molecule has 0 bridgehead atoms. The summed E-state index contributed by atoms with van der Waals surface area (Å²) in [5, 5.41) is 11.9.